The van der Waals surface area contributed by atoms with E-state index in [4.69, 9.17) is 62.6 Å². The first-order chi connectivity index (χ1) is 37.8. The molecule has 9 N–H and O–H groups in total. The predicted octanol–water partition coefficient (Wildman–Crippen LogP) is -3.03. The summed E-state index contributed by atoms with van der Waals surface area (Å²) in [5.74, 6) is -0.833. The van der Waals surface area contributed by atoms with E-state index >= 15 is 0 Å². The van der Waals surface area contributed by atoms with Gasteiger partial charge in [-0.05, 0) is 51.5 Å². The highest BCUT2D eigenvalue weighted by Gasteiger charge is 2.61. The minimum absolute atomic E-state index is 0.0190. The third kappa shape index (κ3) is 20.2. The van der Waals surface area contributed by atoms with Gasteiger partial charge in [-0.25, -0.2) is 9.36 Å². The van der Waals surface area contributed by atoms with Crippen LogP contribution in [0.4, 0.5) is 0 Å². The summed E-state index contributed by atoms with van der Waals surface area (Å²) in [6, 6.07) is -2.07. The topological polar surface area (TPSA) is 366 Å². The molecule has 78 heavy (non-hydrogen) atoms. The van der Waals surface area contributed by atoms with Gasteiger partial charge >= 0.3 is 0 Å². The summed E-state index contributed by atoms with van der Waals surface area (Å²) < 4.78 is 72.2. The van der Waals surface area contributed by atoms with Crippen LogP contribution in [0, 0.1) is 0 Å². The standard InChI is InChI=1S/C49H84N10O19/c1-34(60)51-40-42(63)44(65)48(32-75-46(40)77-48)30-58-24-36(54-56-58)26-71-20-6-16-67-12-4-14-69-18-8-22-73-28-38(53-39(62)10-3-11-50)29-74-23-9-19-70-15-5-13-68-17-7-21-72-27-37-25-59(57-55-37)31-49-33-76-47(78-49)41(52-35(2)61)43(64)45(49)66/h24-25,38,40-47,63-66H,3-23,26-33,50H2,1-2H3,(H,51,60)(H,52,61)(H,53,62)/t40-,41-,42-,43-,44-,45-,46+,47+,48+,49+/m1/s1. The van der Waals surface area contributed by atoms with Crippen molar-refractivity contribution >= 4 is 17.7 Å². The number of aliphatic hydroxyl groups excluding tert-OH is 4. The fourth-order valence-electron chi connectivity index (χ4n) is 9.17. The number of nitrogens with one attached hydrogen (secondary N) is 3. The van der Waals surface area contributed by atoms with Crippen molar-refractivity contribution in [2.24, 2.45) is 5.73 Å². The number of nitrogens with zero attached hydrogens (tertiary/aromatic N) is 6. The summed E-state index contributed by atoms with van der Waals surface area (Å²) in [5, 5.41) is 67.5. The second kappa shape index (κ2) is 33.7. The van der Waals surface area contributed by atoms with Crippen molar-refractivity contribution in [3.05, 3.63) is 23.8 Å². The van der Waals surface area contributed by atoms with Crippen LogP contribution in [0.3, 0.4) is 0 Å². The molecule has 10 atom stereocenters. The molecule has 2 aromatic rings. The molecule has 4 saturated heterocycles. The summed E-state index contributed by atoms with van der Waals surface area (Å²) >= 11 is 0. The molecule has 2 aromatic heterocycles. The number of hydrogen-bond acceptors (Lipinski definition) is 24. The predicted molar refractivity (Wildman–Crippen MR) is 269 cm³/mol. The van der Waals surface area contributed by atoms with Crippen molar-refractivity contribution in [1.29, 1.82) is 0 Å². The number of amides is 3. The minimum Gasteiger partial charge on any atom is -0.388 e. The summed E-state index contributed by atoms with van der Waals surface area (Å²) in [6.45, 7) is 10.6. The third-order valence-corrected chi connectivity index (χ3v) is 13.1. The molecule has 0 aromatic carbocycles. The molecule has 0 radical (unpaired) electrons. The Balaban J connectivity index is 0.690. The lowest BCUT2D eigenvalue weighted by atomic mass is 9.87. The number of fused-ring (bicyclic) bond motifs is 4. The SMILES string of the molecule is CC(=O)N[C@H]1[C@H]2OC[C@](Cn3cc(COCCCOCCCOCCCOCC(COCCCOCCCOCCCOCc4cn(C[C@@]56CO[C@@H](O5)[C@H](NC(C)=O)[C@@H](O)[C@H]6O)nn4)NC(=O)CCCN)nn3)(O2)[C@H](O)[C@@H]1O. The number of aromatic nitrogens is 6. The third-order valence-electron chi connectivity index (χ3n) is 13.1. The van der Waals surface area contributed by atoms with Crippen molar-refractivity contribution in [2.75, 3.05) is 112 Å². The fourth-order valence-corrected chi connectivity index (χ4v) is 9.17. The van der Waals surface area contributed by atoms with Gasteiger partial charge in [0.2, 0.25) is 17.7 Å². The molecule has 0 saturated carbocycles. The van der Waals surface area contributed by atoms with E-state index in [-0.39, 0.29) is 63.3 Å². The van der Waals surface area contributed by atoms with E-state index in [1.54, 1.807) is 12.4 Å². The number of ether oxygens (including phenoxy) is 12. The van der Waals surface area contributed by atoms with Gasteiger partial charge in [0.05, 0.1) is 71.2 Å². The second-order valence-corrected chi connectivity index (χ2v) is 19.8. The summed E-state index contributed by atoms with van der Waals surface area (Å²) in [6.07, 6.45) is 1.62. The van der Waals surface area contributed by atoms with E-state index in [9.17, 15) is 34.8 Å². The van der Waals surface area contributed by atoms with Crippen LogP contribution in [-0.2, 0) is 97.5 Å². The molecule has 0 unspecified atom stereocenters. The zero-order chi connectivity index (χ0) is 55.6. The number of rotatable bonds is 42. The molecular weight excluding hydrogens is 1030 g/mol. The second-order valence-electron chi connectivity index (χ2n) is 19.8. The van der Waals surface area contributed by atoms with Gasteiger partial charge < -0.3 is 99.0 Å². The Morgan fingerprint density at radius 2 is 0.974 bits per heavy atom. The zero-order valence-electron chi connectivity index (χ0n) is 45.0. The molecule has 4 bridgehead atoms. The maximum absolute atomic E-state index is 12.4. The molecule has 29 nitrogen and oxygen atoms in total. The summed E-state index contributed by atoms with van der Waals surface area (Å²) in [4.78, 5) is 35.5. The van der Waals surface area contributed by atoms with E-state index in [0.717, 1.165) is 12.8 Å². The Hall–Kier alpha value is -3.99. The average molecular weight is 1120 g/mol. The van der Waals surface area contributed by atoms with Crippen LogP contribution >= 0.6 is 0 Å². The number of nitrogens with two attached hydrogens (primary N) is 1. The molecule has 3 amide bonds. The van der Waals surface area contributed by atoms with Crippen molar-refractivity contribution in [1.82, 2.24) is 45.9 Å². The smallest absolute Gasteiger partial charge is 0.220 e. The van der Waals surface area contributed by atoms with E-state index in [2.05, 4.69) is 36.6 Å². The first kappa shape index (κ1) is 63.2. The first-order valence-electron chi connectivity index (χ1n) is 27.1. The largest absolute Gasteiger partial charge is 0.388 e. The lowest BCUT2D eigenvalue weighted by Gasteiger charge is -2.42. The van der Waals surface area contributed by atoms with Crippen LogP contribution in [0.2, 0.25) is 0 Å². The molecule has 29 heteroatoms. The van der Waals surface area contributed by atoms with Gasteiger partial charge in [-0.2, -0.15) is 0 Å². The fraction of sp³-hybridized carbons (Fsp3) is 0.857. The van der Waals surface area contributed by atoms with Crippen molar-refractivity contribution in [3.63, 3.8) is 0 Å². The van der Waals surface area contributed by atoms with E-state index in [1.807, 2.05) is 0 Å². The van der Waals surface area contributed by atoms with Crippen LogP contribution in [0.1, 0.15) is 76.6 Å². The zero-order valence-corrected chi connectivity index (χ0v) is 45.0. The van der Waals surface area contributed by atoms with Gasteiger partial charge in [-0.1, -0.05) is 10.4 Å². The molecule has 0 aliphatic carbocycles. The Bertz CT molecular complexity index is 1920. The highest BCUT2D eigenvalue weighted by Crippen LogP contribution is 2.39. The average Bonchev–Trinajstić information content (AvgIpc) is 4.29. The molecule has 6 heterocycles. The van der Waals surface area contributed by atoms with Gasteiger partial charge in [0, 0.05) is 99.6 Å². The minimum atomic E-state index is -1.32. The Morgan fingerprint density at radius 1 is 0.603 bits per heavy atom. The molecular formula is C49H84N10O19. The van der Waals surface area contributed by atoms with Gasteiger partial charge in [0.25, 0.3) is 0 Å². The molecule has 0 spiro atoms. The van der Waals surface area contributed by atoms with Crippen LogP contribution in [0.15, 0.2) is 12.4 Å². The summed E-state index contributed by atoms with van der Waals surface area (Å²) in [7, 11) is 0. The van der Waals surface area contributed by atoms with Crippen LogP contribution in [0.5, 0.6) is 0 Å². The number of carbonyl (C=O) groups is 3. The maximum Gasteiger partial charge on any atom is 0.220 e. The Kier molecular flexibility index (Phi) is 27.3. The van der Waals surface area contributed by atoms with Gasteiger partial charge in [-0.15, -0.1) is 10.2 Å². The van der Waals surface area contributed by atoms with Crippen LogP contribution in [0.25, 0.3) is 0 Å². The van der Waals surface area contributed by atoms with Crippen LogP contribution in [-0.4, -0.2) is 247 Å². The normalized spacial score (nSPS) is 26.8. The molecule has 444 valence electrons. The van der Waals surface area contributed by atoms with Crippen molar-refractivity contribution in [3.8, 4) is 0 Å². The summed E-state index contributed by atoms with van der Waals surface area (Å²) in [5.41, 5.74) is 4.31. The Morgan fingerprint density at radius 3 is 1.35 bits per heavy atom. The Labute approximate surface area is 453 Å². The number of aliphatic hydroxyl groups is 4. The lowest BCUT2D eigenvalue weighted by Crippen LogP contribution is -2.66. The van der Waals surface area contributed by atoms with Crippen LogP contribution < -0.4 is 21.7 Å². The maximum atomic E-state index is 12.4. The number of hydrogen-bond donors (Lipinski definition) is 8. The molecule has 4 fully saturated rings. The van der Waals surface area contributed by atoms with Crippen molar-refractivity contribution in [2.45, 2.75) is 158 Å². The molecule has 4 aliphatic heterocycles. The quantitative estimate of drug-likeness (QED) is 0.0307. The molecule has 6 rings (SSSR count). The van der Waals surface area contributed by atoms with Gasteiger partial charge in [0.15, 0.2) is 12.6 Å². The number of carbonyl (C=O) groups excluding carboxylic acids is 3. The van der Waals surface area contributed by atoms with Gasteiger partial charge in [-0.3, -0.25) is 14.4 Å². The first-order valence-corrected chi connectivity index (χ1v) is 27.1. The highest BCUT2D eigenvalue weighted by molar-refractivity contribution is 5.76. The lowest BCUT2D eigenvalue weighted by molar-refractivity contribution is -0.229. The highest BCUT2D eigenvalue weighted by atomic mass is 16.8. The van der Waals surface area contributed by atoms with E-state index in [0.29, 0.717) is 149 Å². The molecule has 4 aliphatic rings. The van der Waals surface area contributed by atoms with Crippen molar-refractivity contribution < 1.29 is 91.7 Å². The van der Waals surface area contributed by atoms with Gasteiger partial charge in [0.1, 0.15) is 59.1 Å². The monoisotopic (exact) mass is 1120 g/mol. The van der Waals surface area contributed by atoms with E-state index in [1.165, 1.54) is 23.2 Å². The van der Waals surface area contributed by atoms with E-state index < -0.39 is 60.3 Å².